The summed E-state index contributed by atoms with van der Waals surface area (Å²) < 4.78 is 37.5. The quantitative estimate of drug-likeness (QED) is 0.628. The number of likely N-dealkylation sites (N-methyl/N-ethyl adjacent to an activating group) is 1. The number of aliphatic imine (C=N–C) groups is 1. The fourth-order valence-corrected chi connectivity index (χ4v) is 3.17. The third-order valence-corrected chi connectivity index (χ3v) is 4.57. The zero-order valence-corrected chi connectivity index (χ0v) is 14.3. The van der Waals surface area contributed by atoms with Crippen LogP contribution in [0.5, 0.6) is 0 Å². The normalized spacial score (nSPS) is 19.5. The lowest BCUT2D eigenvalue weighted by Gasteiger charge is -2.31. The van der Waals surface area contributed by atoms with E-state index in [1.807, 2.05) is 0 Å². The number of guanidine groups is 1. The lowest BCUT2D eigenvalue weighted by Crippen LogP contribution is -2.51. The van der Waals surface area contributed by atoms with E-state index in [2.05, 4.69) is 20.6 Å². The maximum Gasteiger partial charge on any atom is 0.434 e. The first-order chi connectivity index (χ1) is 11.3. The summed E-state index contributed by atoms with van der Waals surface area (Å²) in [6, 6.07) is 0.107. The first-order valence-corrected chi connectivity index (χ1v) is 8.40. The van der Waals surface area contributed by atoms with Crippen LogP contribution in [0.25, 0.3) is 0 Å². The van der Waals surface area contributed by atoms with Gasteiger partial charge in [-0.1, -0.05) is 0 Å². The predicted octanol–water partition coefficient (Wildman–Crippen LogP) is 1.49. The second-order valence-electron chi connectivity index (χ2n) is 5.53. The highest BCUT2D eigenvalue weighted by Crippen LogP contribution is 2.29. The van der Waals surface area contributed by atoms with Gasteiger partial charge in [0, 0.05) is 51.4 Å². The van der Waals surface area contributed by atoms with Crippen LogP contribution in [0.4, 0.5) is 13.2 Å². The van der Waals surface area contributed by atoms with Crippen molar-refractivity contribution in [2.75, 3.05) is 27.2 Å². The number of hydrogen-bond acceptors (Lipinski definition) is 4. The van der Waals surface area contributed by atoms with Crippen LogP contribution in [0.1, 0.15) is 23.5 Å². The molecule has 1 amide bonds. The summed E-state index contributed by atoms with van der Waals surface area (Å²) >= 11 is 0.996. The van der Waals surface area contributed by atoms with Crippen molar-refractivity contribution >= 4 is 23.2 Å². The molecular formula is C14H20F3N5OS. The van der Waals surface area contributed by atoms with Crippen LogP contribution in [0, 0.1) is 0 Å². The number of alkyl halides is 3. The molecule has 1 aromatic heterocycles. The standard InChI is InChI=1S/C14H20F3N5OS/c1-18-13(20-9-3-4-12(23)22(2)7-9)19-6-5-11-21-10(8-24-11)14(15,16)17/h8-9H,3-7H2,1-2H3,(H2,18,19,20). The summed E-state index contributed by atoms with van der Waals surface area (Å²) in [6.07, 6.45) is -2.80. The molecule has 1 fully saturated rings. The monoisotopic (exact) mass is 363 g/mol. The van der Waals surface area contributed by atoms with E-state index in [1.165, 1.54) is 0 Å². The van der Waals surface area contributed by atoms with Crippen molar-refractivity contribution in [3.63, 3.8) is 0 Å². The number of aromatic nitrogens is 1. The van der Waals surface area contributed by atoms with Gasteiger partial charge < -0.3 is 15.5 Å². The van der Waals surface area contributed by atoms with Crippen molar-refractivity contribution in [1.29, 1.82) is 0 Å². The van der Waals surface area contributed by atoms with Gasteiger partial charge in [0.25, 0.3) is 0 Å². The molecule has 0 saturated carbocycles. The number of piperidine rings is 1. The van der Waals surface area contributed by atoms with E-state index in [4.69, 9.17) is 0 Å². The molecule has 1 aliphatic rings. The van der Waals surface area contributed by atoms with Gasteiger partial charge in [0.2, 0.25) is 5.91 Å². The number of rotatable bonds is 4. The molecule has 0 radical (unpaired) electrons. The highest BCUT2D eigenvalue weighted by molar-refractivity contribution is 7.09. The van der Waals surface area contributed by atoms with Gasteiger partial charge in [0.05, 0.1) is 5.01 Å². The lowest BCUT2D eigenvalue weighted by molar-refractivity contribution is -0.140. The maximum atomic E-state index is 12.5. The number of hydrogen-bond donors (Lipinski definition) is 2. The molecule has 2 heterocycles. The van der Waals surface area contributed by atoms with Crippen LogP contribution >= 0.6 is 11.3 Å². The molecule has 1 aromatic rings. The molecule has 1 unspecified atom stereocenters. The number of halogens is 3. The van der Waals surface area contributed by atoms with E-state index in [0.29, 0.717) is 36.9 Å². The Balaban J connectivity index is 1.78. The van der Waals surface area contributed by atoms with E-state index in [0.717, 1.165) is 23.1 Å². The summed E-state index contributed by atoms with van der Waals surface area (Å²) in [5.74, 6) is 0.690. The fourth-order valence-electron chi connectivity index (χ4n) is 2.36. The minimum Gasteiger partial charge on any atom is -0.356 e. The van der Waals surface area contributed by atoms with E-state index >= 15 is 0 Å². The molecule has 1 atom stereocenters. The highest BCUT2D eigenvalue weighted by Gasteiger charge is 2.33. The maximum absolute atomic E-state index is 12.5. The molecule has 6 nitrogen and oxygen atoms in total. The zero-order chi connectivity index (χ0) is 17.7. The van der Waals surface area contributed by atoms with Crippen molar-refractivity contribution in [3.8, 4) is 0 Å². The van der Waals surface area contributed by atoms with Gasteiger partial charge >= 0.3 is 6.18 Å². The minimum atomic E-state index is -4.40. The number of carbonyl (C=O) groups excluding carboxylic acids is 1. The molecule has 1 aliphatic heterocycles. The van der Waals surface area contributed by atoms with Crippen molar-refractivity contribution in [1.82, 2.24) is 20.5 Å². The lowest BCUT2D eigenvalue weighted by atomic mass is 10.1. The van der Waals surface area contributed by atoms with E-state index in [1.54, 1.807) is 19.0 Å². The van der Waals surface area contributed by atoms with Crippen molar-refractivity contribution in [2.24, 2.45) is 4.99 Å². The van der Waals surface area contributed by atoms with Crippen LogP contribution in [-0.4, -0.2) is 55.0 Å². The molecule has 24 heavy (non-hydrogen) atoms. The van der Waals surface area contributed by atoms with Gasteiger partial charge in [0.15, 0.2) is 11.7 Å². The smallest absolute Gasteiger partial charge is 0.356 e. The van der Waals surface area contributed by atoms with Gasteiger partial charge in [-0.25, -0.2) is 4.98 Å². The predicted molar refractivity (Wildman–Crippen MR) is 86.0 cm³/mol. The van der Waals surface area contributed by atoms with Gasteiger partial charge in [-0.3, -0.25) is 9.79 Å². The molecule has 134 valence electrons. The summed E-state index contributed by atoms with van der Waals surface area (Å²) in [4.78, 5) is 20.8. The molecular weight excluding hydrogens is 343 g/mol. The number of nitrogens with one attached hydrogen (secondary N) is 2. The van der Waals surface area contributed by atoms with E-state index < -0.39 is 11.9 Å². The number of thiazole rings is 1. The Bertz CT molecular complexity index is 601. The van der Waals surface area contributed by atoms with Crippen molar-refractivity contribution in [2.45, 2.75) is 31.5 Å². The Labute approximate surface area is 142 Å². The SMILES string of the molecule is CN=C(NCCc1nc(C(F)(F)F)cs1)NC1CCC(=O)N(C)C1. The number of nitrogens with zero attached hydrogens (tertiary/aromatic N) is 3. The molecule has 2 N–H and O–H groups in total. The summed E-state index contributed by atoms with van der Waals surface area (Å²) in [7, 11) is 3.38. The van der Waals surface area contributed by atoms with Crippen LogP contribution in [0.3, 0.4) is 0 Å². The van der Waals surface area contributed by atoms with Crippen LogP contribution in [0.15, 0.2) is 10.4 Å². The van der Waals surface area contributed by atoms with E-state index in [-0.39, 0.29) is 11.9 Å². The number of amides is 1. The van der Waals surface area contributed by atoms with Gasteiger partial charge in [-0.2, -0.15) is 13.2 Å². The summed E-state index contributed by atoms with van der Waals surface area (Å²) in [5, 5.41) is 7.73. The zero-order valence-electron chi connectivity index (χ0n) is 13.5. The largest absolute Gasteiger partial charge is 0.434 e. The Hall–Kier alpha value is -1.84. The second kappa shape index (κ2) is 7.82. The Morgan fingerprint density at radius 3 is 2.88 bits per heavy atom. The second-order valence-corrected chi connectivity index (χ2v) is 6.47. The Morgan fingerprint density at radius 1 is 1.54 bits per heavy atom. The molecule has 0 aromatic carbocycles. The van der Waals surface area contributed by atoms with Crippen LogP contribution in [0.2, 0.25) is 0 Å². The van der Waals surface area contributed by atoms with Crippen molar-refractivity contribution < 1.29 is 18.0 Å². The van der Waals surface area contributed by atoms with Crippen LogP contribution < -0.4 is 10.6 Å². The minimum absolute atomic E-state index is 0.107. The number of likely N-dealkylation sites (tertiary alicyclic amines) is 1. The molecule has 2 rings (SSSR count). The average molecular weight is 363 g/mol. The molecule has 10 heteroatoms. The molecule has 1 saturated heterocycles. The molecule has 0 aliphatic carbocycles. The topological polar surface area (TPSA) is 69.6 Å². The van der Waals surface area contributed by atoms with E-state index in [9.17, 15) is 18.0 Å². The van der Waals surface area contributed by atoms with Gasteiger partial charge in [0.1, 0.15) is 0 Å². The Morgan fingerprint density at radius 2 is 2.29 bits per heavy atom. The van der Waals surface area contributed by atoms with Crippen molar-refractivity contribution in [3.05, 3.63) is 16.1 Å². The van der Waals surface area contributed by atoms with Gasteiger partial charge in [-0.15, -0.1) is 11.3 Å². The van der Waals surface area contributed by atoms with Crippen LogP contribution in [-0.2, 0) is 17.4 Å². The summed E-state index contributed by atoms with van der Waals surface area (Å²) in [5.41, 5.74) is -0.847. The fraction of sp³-hybridized carbons (Fsp3) is 0.643. The first kappa shape index (κ1) is 18.5. The third-order valence-electron chi connectivity index (χ3n) is 3.66. The highest BCUT2D eigenvalue weighted by atomic mass is 32.1. The first-order valence-electron chi connectivity index (χ1n) is 7.52. The Kier molecular flexibility index (Phi) is 6.03. The molecule has 0 spiro atoms. The molecule has 0 bridgehead atoms. The summed E-state index contributed by atoms with van der Waals surface area (Å²) in [6.45, 7) is 1.02. The van der Waals surface area contributed by atoms with Gasteiger partial charge in [-0.05, 0) is 6.42 Å². The number of carbonyl (C=O) groups is 1. The third kappa shape index (κ3) is 5.08. The average Bonchev–Trinajstić information content (AvgIpc) is 2.99.